The fourth-order valence-electron chi connectivity index (χ4n) is 4.76. The van der Waals surface area contributed by atoms with Crippen LogP contribution >= 0.6 is 0 Å². The van der Waals surface area contributed by atoms with Gasteiger partial charge in [-0.3, -0.25) is 9.10 Å². The first-order valence-corrected chi connectivity index (χ1v) is 14.6. The highest BCUT2D eigenvalue weighted by Crippen LogP contribution is 2.42. The molecule has 0 aliphatic rings. The van der Waals surface area contributed by atoms with Gasteiger partial charge in [0.1, 0.15) is 17.1 Å². The number of methoxy groups -OCH3 is 1. The fourth-order valence-corrected chi connectivity index (χ4v) is 5.66. The van der Waals surface area contributed by atoms with Crippen LogP contribution in [0.5, 0.6) is 5.75 Å². The molecule has 0 aliphatic heterocycles. The molecular weight excluding hydrogens is 524 g/mol. The molecular formula is C32H30N2O5S. The van der Waals surface area contributed by atoms with E-state index in [4.69, 9.17) is 9.15 Å². The number of carbonyl (C=O) groups excluding carboxylic acids is 1. The largest absolute Gasteiger partial charge is 0.497 e. The first kappa shape index (κ1) is 27.0. The van der Waals surface area contributed by atoms with Gasteiger partial charge in [-0.2, -0.15) is 0 Å². The van der Waals surface area contributed by atoms with Crippen molar-refractivity contribution in [2.75, 3.05) is 24.7 Å². The number of fused-ring (bicyclic) bond motifs is 1. The highest BCUT2D eigenvalue weighted by molar-refractivity contribution is 7.92. The van der Waals surface area contributed by atoms with Gasteiger partial charge in [0.2, 0.25) is 10.0 Å². The number of sulfonamides is 1. The van der Waals surface area contributed by atoms with Crippen LogP contribution in [0.25, 0.3) is 33.4 Å². The van der Waals surface area contributed by atoms with Crippen LogP contribution in [0, 0.1) is 6.92 Å². The van der Waals surface area contributed by atoms with Crippen LogP contribution in [0.15, 0.2) is 95.4 Å². The minimum Gasteiger partial charge on any atom is -0.497 e. The number of nitrogens with zero attached hydrogens (tertiary/aromatic N) is 1. The second-order valence-corrected chi connectivity index (χ2v) is 11.5. The van der Waals surface area contributed by atoms with Gasteiger partial charge in [-0.15, -0.1) is 0 Å². The van der Waals surface area contributed by atoms with Crippen LogP contribution in [0.2, 0.25) is 0 Å². The Hall–Kier alpha value is -4.56. The molecule has 0 spiro atoms. The normalized spacial score (nSPS) is 11.4. The summed E-state index contributed by atoms with van der Waals surface area (Å²) in [5.41, 5.74) is 5.29. The third kappa shape index (κ3) is 5.31. The molecule has 0 fully saturated rings. The lowest BCUT2D eigenvalue weighted by atomic mass is 9.98. The van der Waals surface area contributed by atoms with Gasteiger partial charge in [0.15, 0.2) is 0 Å². The summed E-state index contributed by atoms with van der Waals surface area (Å²) in [5, 5.41) is 3.32. The molecule has 204 valence electrons. The molecule has 8 heteroatoms. The van der Waals surface area contributed by atoms with Crippen molar-refractivity contribution in [1.29, 1.82) is 0 Å². The minimum atomic E-state index is -3.74. The molecule has 40 heavy (non-hydrogen) atoms. The number of carbonyl (C=O) groups is 1. The Balaban J connectivity index is 1.79. The van der Waals surface area contributed by atoms with Crippen LogP contribution < -0.4 is 14.4 Å². The van der Waals surface area contributed by atoms with Crippen molar-refractivity contribution < 1.29 is 22.4 Å². The molecule has 0 atom stereocenters. The maximum Gasteiger partial charge on any atom is 0.255 e. The fraction of sp³-hybridized carbons (Fsp3) is 0.156. The summed E-state index contributed by atoms with van der Waals surface area (Å²) in [6.45, 7) is 2.07. The molecule has 0 saturated carbocycles. The highest BCUT2D eigenvalue weighted by atomic mass is 32.2. The van der Waals surface area contributed by atoms with Crippen molar-refractivity contribution in [3.63, 3.8) is 0 Å². The number of furan rings is 1. The summed E-state index contributed by atoms with van der Waals surface area (Å²) < 4.78 is 39.6. The Morgan fingerprint density at radius 1 is 0.925 bits per heavy atom. The average Bonchev–Trinajstić information content (AvgIpc) is 3.33. The monoisotopic (exact) mass is 554 g/mol. The number of aryl methyl sites for hydroxylation is 1. The van der Waals surface area contributed by atoms with E-state index in [0.717, 1.165) is 22.3 Å². The molecule has 0 radical (unpaired) electrons. The zero-order valence-electron chi connectivity index (χ0n) is 22.8. The zero-order valence-corrected chi connectivity index (χ0v) is 23.6. The van der Waals surface area contributed by atoms with Gasteiger partial charge in [0.25, 0.3) is 5.91 Å². The molecule has 4 aromatic carbocycles. The third-order valence-electron chi connectivity index (χ3n) is 6.79. The molecule has 5 aromatic rings. The van der Waals surface area contributed by atoms with Gasteiger partial charge < -0.3 is 14.5 Å². The highest BCUT2D eigenvalue weighted by Gasteiger charge is 2.27. The van der Waals surface area contributed by atoms with Crippen molar-refractivity contribution in [3.8, 4) is 28.2 Å². The topological polar surface area (TPSA) is 88.8 Å². The van der Waals surface area contributed by atoms with Crippen molar-refractivity contribution in [2.24, 2.45) is 0 Å². The van der Waals surface area contributed by atoms with Gasteiger partial charge in [0.05, 0.1) is 31.2 Å². The van der Waals surface area contributed by atoms with Gasteiger partial charge >= 0.3 is 0 Å². The van der Waals surface area contributed by atoms with E-state index in [-0.39, 0.29) is 12.5 Å². The molecule has 0 saturated heterocycles. The Morgan fingerprint density at radius 2 is 1.65 bits per heavy atom. The van der Waals surface area contributed by atoms with Crippen molar-refractivity contribution in [3.05, 3.63) is 108 Å². The Labute approximate surface area is 234 Å². The average molecular weight is 555 g/mol. The molecule has 0 aliphatic carbocycles. The lowest BCUT2D eigenvalue weighted by Crippen LogP contribution is -2.29. The van der Waals surface area contributed by atoms with Crippen LogP contribution in [-0.2, 0) is 16.6 Å². The van der Waals surface area contributed by atoms with E-state index in [1.54, 1.807) is 20.2 Å². The minimum absolute atomic E-state index is 0.0786. The molecule has 1 heterocycles. The Morgan fingerprint density at radius 3 is 2.30 bits per heavy atom. The number of nitrogens with one attached hydrogen (secondary N) is 1. The van der Waals surface area contributed by atoms with E-state index in [9.17, 15) is 13.2 Å². The lowest BCUT2D eigenvalue weighted by molar-refractivity contribution is 0.0964. The number of anilines is 1. The molecule has 1 aromatic heterocycles. The standard InChI is InChI=1S/C32H30N2O5S/c1-21-13-15-24(16-14-21)31-30(32(35)33-2)27-18-26(23-10-6-5-7-11-23)28(19-29(27)39-31)34(40(4,36)37)20-22-9-8-12-25(17-22)38-3/h5-19H,20H2,1-4H3,(H,33,35). The number of amides is 1. The number of ether oxygens (including phenoxy) is 1. The van der Waals surface area contributed by atoms with E-state index < -0.39 is 10.0 Å². The maximum atomic E-state index is 13.3. The summed E-state index contributed by atoms with van der Waals surface area (Å²) in [6.07, 6.45) is 1.18. The molecule has 1 amide bonds. The Kier molecular flexibility index (Phi) is 7.36. The van der Waals surface area contributed by atoms with E-state index in [1.807, 2.05) is 91.9 Å². The number of rotatable bonds is 8. The second kappa shape index (κ2) is 10.9. The number of hydrogen-bond acceptors (Lipinski definition) is 5. The first-order valence-electron chi connectivity index (χ1n) is 12.8. The van der Waals surface area contributed by atoms with E-state index in [2.05, 4.69) is 5.32 Å². The molecule has 1 N–H and O–H groups in total. The van der Waals surface area contributed by atoms with Crippen molar-refractivity contribution in [2.45, 2.75) is 13.5 Å². The summed E-state index contributed by atoms with van der Waals surface area (Å²) in [6, 6.07) is 28.1. The summed E-state index contributed by atoms with van der Waals surface area (Å²) in [4.78, 5) is 13.2. The summed E-state index contributed by atoms with van der Waals surface area (Å²) >= 11 is 0. The molecule has 0 unspecified atom stereocenters. The smallest absolute Gasteiger partial charge is 0.255 e. The van der Waals surface area contributed by atoms with Gasteiger partial charge in [-0.25, -0.2) is 8.42 Å². The quantitative estimate of drug-likeness (QED) is 0.239. The van der Waals surface area contributed by atoms with Gasteiger partial charge in [-0.05, 0) is 36.2 Å². The lowest BCUT2D eigenvalue weighted by Gasteiger charge is -2.25. The SMILES string of the molecule is CNC(=O)c1c(-c2ccc(C)cc2)oc2cc(N(Cc3cccc(OC)c3)S(C)(=O)=O)c(-c3ccccc3)cc12. The van der Waals surface area contributed by atoms with Crippen LogP contribution in [0.1, 0.15) is 21.5 Å². The second-order valence-electron chi connectivity index (χ2n) is 9.60. The van der Waals surface area contributed by atoms with Gasteiger partial charge in [-0.1, -0.05) is 72.3 Å². The van der Waals surface area contributed by atoms with Crippen molar-refractivity contribution in [1.82, 2.24) is 5.32 Å². The van der Waals surface area contributed by atoms with E-state index in [0.29, 0.717) is 39.3 Å². The Bertz CT molecular complexity index is 1790. The van der Waals surface area contributed by atoms with Gasteiger partial charge in [0, 0.05) is 29.6 Å². The van der Waals surface area contributed by atoms with Crippen LogP contribution in [0.4, 0.5) is 5.69 Å². The van der Waals surface area contributed by atoms with Crippen LogP contribution in [-0.4, -0.2) is 34.7 Å². The molecule has 7 nitrogen and oxygen atoms in total. The predicted molar refractivity (Wildman–Crippen MR) is 159 cm³/mol. The molecule has 5 rings (SSSR count). The van der Waals surface area contributed by atoms with E-state index >= 15 is 0 Å². The predicted octanol–water partition coefficient (Wildman–Crippen LogP) is 6.41. The third-order valence-corrected chi connectivity index (χ3v) is 7.91. The zero-order chi connectivity index (χ0) is 28.4. The maximum absolute atomic E-state index is 13.3. The number of benzene rings is 4. The molecule has 0 bridgehead atoms. The number of hydrogen-bond donors (Lipinski definition) is 1. The van der Waals surface area contributed by atoms with E-state index in [1.165, 1.54) is 10.6 Å². The summed E-state index contributed by atoms with van der Waals surface area (Å²) in [7, 11) is -0.598. The van der Waals surface area contributed by atoms with Crippen molar-refractivity contribution >= 4 is 32.6 Å². The summed E-state index contributed by atoms with van der Waals surface area (Å²) in [5.74, 6) is 0.760. The first-order chi connectivity index (χ1) is 19.2. The van der Waals surface area contributed by atoms with Crippen LogP contribution in [0.3, 0.4) is 0 Å².